The summed E-state index contributed by atoms with van der Waals surface area (Å²) in [5.41, 5.74) is 1.72. The van der Waals surface area contributed by atoms with Crippen LogP contribution >= 0.6 is 35.3 Å². The van der Waals surface area contributed by atoms with Crippen molar-refractivity contribution in [1.82, 2.24) is 19.9 Å². The van der Waals surface area contributed by atoms with Crippen LogP contribution in [0, 0.1) is 3.95 Å². The van der Waals surface area contributed by atoms with Gasteiger partial charge >= 0.3 is 0 Å². The van der Waals surface area contributed by atoms with Gasteiger partial charge in [-0.25, -0.2) is 4.68 Å². The van der Waals surface area contributed by atoms with Gasteiger partial charge in [-0.1, -0.05) is 46.5 Å². The maximum atomic E-state index is 5.43. The quantitative estimate of drug-likeness (QED) is 0.290. The second kappa shape index (κ2) is 8.76. The highest BCUT2D eigenvalue weighted by molar-refractivity contribution is 8.00. The molecule has 0 saturated carbocycles. The van der Waals surface area contributed by atoms with Crippen molar-refractivity contribution in [2.24, 2.45) is 0 Å². The second-order valence-electron chi connectivity index (χ2n) is 5.75. The minimum absolute atomic E-state index is 0.490. The van der Waals surface area contributed by atoms with Crippen molar-refractivity contribution < 1.29 is 14.0 Å². The van der Waals surface area contributed by atoms with E-state index in [2.05, 4.69) is 15.2 Å². The zero-order valence-electron chi connectivity index (χ0n) is 15.6. The highest BCUT2D eigenvalue weighted by atomic mass is 32.2. The first-order valence-corrected chi connectivity index (χ1v) is 10.7. The highest BCUT2D eigenvalue weighted by Crippen LogP contribution is 2.32. The number of hydrogen-bond acceptors (Lipinski definition) is 9. The number of nitrogens with zero attached hydrogens (tertiary/aromatic N) is 4. The molecule has 0 bridgehead atoms. The summed E-state index contributed by atoms with van der Waals surface area (Å²) in [6, 6.07) is 15.3. The number of ether oxygens (including phenoxy) is 2. The molecule has 0 aliphatic carbocycles. The van der Waals surface area contributed by atoms with Crippen LogP contribution in [0.25, 0.3) is 17.1 Å². The van der Waals surface area contributed by atoms with Gasteiger partial charge in [0, 0.05) is 5.56 Å². The summed E-state index contributed by atoms with van der Waals surface area (Å²) in [6.45, 7) is 0. The van der Waals surface area contributed by atoms with Crippen molar-refractivity contribution in [2.75, 3.05) is 14.2 Å². The lowest BCUT2D eigenvalue weighted by Crippen LogP contribution is -1.95. The molecule has 4 aromatic rings. The van der Waals surface area contributed by atoms with E-state index in [1.54, 1.807) is 18.9 Å². The molecule has 0 atom stereocenters. The monoisotopic (exact) mass is 444 g/mol. The van der Waals surface area contributed by atoms with Crippen molar-refractivity contribution >= 4 is 35.3 Å². The number of para-hydroxylation sites is 1. The molecule has 10 heteroatoms. The molecular formula is C19H16N4O3S3. The lowest BCUT2D eigenvalue weighted by atomic mass is 10.2. The molecule has 0 N–H and O–H groups in total. The summed E-state index contributed by atoms with van der Waals surface area (Å²) >= 11 is 8.38. The van der Waals surface area contributed by atoms with Crippen molar-refractivity contribution in [3.05, 3.63) is 58.4 Å². The van der Waals surface area contributed by atoms with E-state index in [0.29, 0.717) is 32.9 Å². The molecule has 0 radical (unpaired) electrons. The van der Waals surface area contributed by atoms with Gasteiger partial charge in [-0.3, -0.25) is 0 Å². The fourth-order valence-electron chi connectivity index (χ4n) is 2.58. The van der Waals surface area contributed by atoms with Crippen LogP contribution in [0.5, 0.6) is 11.5 Å². The molecule has 0 fully saturated rings. The number of methoxy groups -OCH3 is 2. The zero-order valence-corrected chi connectivity index (χ0v) is 18.0. The number of rotatable bonds is 7. The molecule has 148 valence electrons. The number of aromatic nitrogens is 4. The van der Waals surface area contributed by atoms with Gasteiger partial charge in [-0.15, -0.1) is 5.10 Å². The van der Waals surface area contributed by atoms with E-state index in [1.165, 1.54) is 23.1 Å². The van der Waals surface area contributed by atoms with Crippen LogP contribution in [0.3, 0.4) is 0 Å². The SMILES string of the molecule is COc1ccc(-c2noc(CSc3nn(-c4ccccc4)c(=S)s3)n2)cc1OC. The lowest BCUT2D eigenvalue weighted by molar-refractivity contribution is 0.355. The Bertz CT molecular complexity index is 1170. The first kappa shape index (κ1) is 19.6. The van der Waals surface area contributed by atoms with Gasteiger partial charge in [0.1, 0.15) is 0 Å². The normalized spacial score (nSPS) is 10.8. The van der Waals surface area contributed by atoms with E-state index in [4.69, 9.17) is 26.2 Å². The van der Waals surface area contributed by atoms with Crippen LogP contribution in [0.1, 0.15) is 5.89 Å². The summed E-state index contributed by atoms with van der Waals surface area (Å²) in [7, 11) is 3.18. The maximum absolute atomic E-state index is 5.43. The molecule has 4 rings (SSSR count). The Hall–Kier alpha value is -2.69. The minimum Gasteiger partial charge on any atom is -0.493 e. The third-order valence-electron chi connectivity index (χ3n) is 3.96. The highest BCUT2D eigenvalue weighted by Gasteiger charge is 2.14. The van der Waals surface area contributed by atoms with Crippen LogP contribution in [0.15, 0.2) is 57.4 Å². The van der Waals surface area contributed by atoms with E-state index in [-0.39, 0.29) is 0 Å². The van der Waals surface area contributed by atoms with Crippen LogP contribution in [0.4, 0.5) is 0 Å². The van der Waals surface area contributed by atoms with Crippen molar-refractivity contribution in [2.45, 2.75) is 10.1 Å². The van der Waals surface area contributed by atoms with Crippen LogP contribution in [-0.4, -0.2) is 34.1 Å². The minimum atomic E-state index is 0.490. The largest absolute Gasteiger partial charge is 0.493 e. The molecule has 2 heterocycles. The van der Waals surface area contributed by atoms with Crippen LogP contribution in [0.2, 0.25) is 0 Å². The fourth-order valence-corrected chi connectivity index (χ4v) is 4.78. The van der Waals surface area contributed by atoms with Gasteiger partial charge in [-0.05, 0) is 42.5 Å². The zero-order chi connectivity index (χ0) is 20.2. The molecular weight excluding hydrogens is 428 g/mol. The van der Waals surface area contributed by atoms with Gasteiger partial charge in [0.15, 0.2) is 19.8 Å². The summed E-state index contributed by atoms with van der Waals surface area (Å²) in [4.78, 5) is 4.46. The molecule has 2 aromatic carbocycles. The Labute approximate surface area is 180 Å². The van der Waals surface area contributed by atoms with Crippen molar-refractivity contribution in [1.29, 1.82) is 0 Å². The standard InChI is InChI=1S/C19H16N4O3S3/c1-24-14-9-8-12(10-15(14)25-2)17-20-16(26-22-17)11-28-18-21-23(19(27)29-18)13-6-4-3-5-7-13/h3-10H,11H2,1-2H3. The summed E-state index contributed by atoms with van der Waals surface area (Å²) in [5, 5.41) is 8.64. The van der Waals surface area contributed by atoms with E-state index in [9.17, 15) is 0 Å². The topological polar surface area (TPSA) is 75.2 Å². The maximum Gasteiger partial charge on any atom is 0.237 e. The average Bonchev–Trinajstić information content (AvgIpc) is 3.39. The van der Waals surface area contributed by atoms with Gasteiger partial charge in [0.05, 0.1) is 25.7 Å². The van der Waals surface area contributed by atoms with Gasteiger partial charge in [-0.2, -0.15) is 4.98 Å². The van der Waals surface area contributed by atoms with E-state index in [0.717, 1.165) is 15.6 Å². The van der Waals surface area contributed by atoms with Crippen LogP contribution in [-0.2, 0) is 5.75 Å². The van der Waals surface area contributed by atoms with E-state index >= 15 is 0 Å². The van der Waals surface area contributed by atoms with E-state index < -0.39 is 0 Å². The molecule has 0 amide bonds. The second-order valence-corrected chi connectivity index (χ2v) is 8.60. The molecule has 0 aliphatic heterocycles. The summed E-state index contributed by atoms with van der Waals surface area (Å²) < 4.78 is 19.2. The number of thioether (sulfide) groups is 1. The first-order chi connectivity index (χ1) is 14.2. The number of benzene rings is 2. The predicted molar refractivity (Wildman–Crippen MR) is 115 cm³/mol. The predicted octanol–water partition coefficient (Wildman–Crippen LogP) is 5.02. The van der Waals surface area contributed by atoms with E-state index in [1.807, 2.05) is 48.5 Å². The van der Waals surface area contributed by atoms with Gasteiger partial charge in [0.2, 0.25) is 11.7 Å². The van der Waals surface area contributed by atoms with Gasteiger partial charge < -0.3 is 14.0 Å². The number of hydrogen-bond donors (Lipinski definition) is 0. The molecule has 0 aliphatic rings. The molecule has 0 saturated heterocycles. The third kappa shape index (κ3) is 4.34. The van der Waals surface area contributed by atoms with Crippen LogP contribution < -0.4 is 9.47 Å². The molecule has 29 heavy (non-hydrogen) atoms. The Morgan fingerprint density at radius 2 is 1.90 bits per heavy atom. The Morgan fingerprint density at radius 3 is 2.66 bits per heavy atom. The molecule has 2 aromatic heterocycles. The fraction of sp³-hybridized carbons (Fsp3) is 0.158. The summed E-state index contributed by atoms with van der Waals surface area (Å²) in [6.07, 6.45) is 0. The summed E-state index contributed by atoms with van der Waals surface area (Å²) in [5.74, 6) is 2.75. The van der Waals surface area contributed by atoms with Crippen molar-refractivity contribution in [3.8, 4) is 28.6 Å². The Morgan fingerprint density at radius 1 is 1.10 bits per heavy atom. The average molecular weight is 445 g/mol. The smallest absolute Gasteiger partial charge is 0.237 e. The molecule has 0 unspecified atom stereocenters. The molecule has 7 nitrogen and oxygen atoms in total. The van der Waals surface area contributed by atoms with Gasteiger partial charge in [0.25, 0.3) is 0 Å². The Balaban J connectivity index is 1.47. The Kier molecular flexibility index (Phi) is 5.93. The third-order valence-corrected chi connectivity index (χ3v) is 6.31. The lowest BCUT2D eigenvalue weighted by Gasteiger charge is -2.07. The van der Waals surface area contributed by atoms with Crippen molar-refractivity contribution in [3.63, 3.8) is 0 Å². The molecule has 0 spiro atoms. The first-order valence-electron chi connectivity index (χ1n) is 8.51.